The zero-order valence-corrected chi connectivity index (χ0v) is 11.9. The predicted molar refractivity (Wildman–Crippen MR) is 39.3 cm³/mol. The molecule has 117 valence electrons. The van der Waals surface area contributed by atoms with Crippen LogP contribution in [0, 0.1) is 33.3 Å². The Hall–Kier alpha value is -1.52. The fourth-order valence-electron chi connectivity index (χ4n) is 0.129. The summed E-state index contributed by atoms with van der Waals surface area (Å²) in [6.07, 6.45) is -5.95. The molecule has 0 saturated carbocycles. The molecule has 0 fully saturated rings. The fourth-order valence-corrected chi connectivity index (χ4v) is 0.129. The van der Waals surface area contributed by atoms with E-state index in [0.717, 1.165) is 0 Å². The van der Waals surface area contributed by atoms with Crippen LogP contribution in [-0.4, -0.2) is 23.2 Å². The molecule has 7 nitrogen and oxygen atoms in total. The predicted octanol–water partition coefficient (Wildman–Crippen LogP) is 0.245. The van der Waals surface area contributed by atoms with E-state index in [1.54, 1.807) is 0 Å². The summed E-state index contributed by atoms with van der Waals surface area (Å²) >= 11 is 0. The maximum atomic E-state index is 11.4. The third kappa shape index (κ3) is 27.6. The first-order valence-corrected chi connectivity index (χ1v) is 2.92. The quantitative estimate of drug-likeness (QED) is 0.290. The number of alkyl halides is 5. The Bertz CT molecular complexity index is 294. The Morgan fingerprint density at radius 1 is 0.714 bits per heavy atom. The van der Waals surface area contributed by atoms with Crippen LogP contribution in [-0.2, 0) is 48.5 Å². The summed E-state index contributed by atoms with van der Waals surface area (Å²) in [5.41, 5.74) is 0. The van der Waals surface area contributed by atoms with Crippen LogP contribution in [0.5, 0.6) is 0 Å². The molecule has 0 spiro atoms. The van der Waals surface area contributed by atoms with Crippen molar-refractivity contribution in [1.29, 1.82) is 0 Å². The minimum absolute atomic E-state index is 0. The molecule has 0 aromatic heterocycles. The van der Waals surface area contributed by atoms with E-state index in [4.69, 9.17) is 28.4 Å². The number of hydrogen-bond acceptors (Lipinski definition) is 1. The van der Waals surface area contributed by atoms with Crippen molar-refractivity contribution in [1.82, 2.24) is 0 Å². The van der Waals surface area contributed by atoms with Crippen LogP contribution in [0.15, 0.2) is 0 Å². The second-order valence-corrected chi connectivity index (χ2v) is 1.40. The van der Waals surface area contributed by atoms with Gasteiger partial charge < -0.3 is 5.11 Å². The van der Waals surface area contributed by atoms with Gasteiger partial charge in [0.2, 0.25) is 0 Å². The van der Waals surface area contributed by atoms with E-state index >= 15 is 0 Å². The first kappa shape index (κ1) is 42.7. The molecule has 0 rings (SSSR count). The summed E-state index contributed by atoms with van der Waals surface area (Å²) in [5.74, 6) is -8.48. The fraction of sp³-hybridized carbons (Fsp3) is 0.250. The van der Waals surface area contributed by atoms with Crippen LogP contribution >= 0.6 is 0 Å². The van der Waals surface area contributed by atoms with E-state index in [2.05, 4.69) is 33.3 Å². The van der Waals surface area contributed by atoms with Crippen molar-refractivity contribution in [2.75, 3.05) is 0 Å². The summed E-state index contributed by atoms with van der Waals surface area (Å²) in [6, 6.07) is 0. The van der Waals surface area contributed by atoms with Crippen LogP contribution in [0.4, 0.5) is 22.0 Å². The Labute approximate surface area is 127 Å². The van der Waals surface area contributed by atoms with Gasteiger partial charge >= 0.3 is 74.6 Å². The molecule has 1 radical (unpaired) electrons. The minimum Gasteiger partial charge on any atom is 0 e. The molecule has 0 aliphatic carbocycles. The van der Waals surface area contributed by atoms with E-state index in [1.807, 2.05) is 0 Å². The maximum absolute atomic E-state index is 11.4. The molecular weight excluding hydrogens is 489 g/mol. The molecule has 0 aliphatic heterocycles. The van der Waals surface area contributed by atoms with Crippen molar-refractivity contribution in [3.8, 4) is 0 Å². The topological polar surface area (TPSA) is 139 Å². The average molecular weight is 491 g/mol. The largest absolute Gasteiger partial charge is 0 e. The van der Waals surface area contributed by atoms with Gasteiger partial charge in [-0.1, -0.05) is 0 Å². The van der Waals surface area contributed by atoms with Gasteiger partial charge in [-0.05, 0) is 0 Å². The van der Waals surface area contributed by atoms with E-state index in [0.29, 0.717) is 0 Å². The molecule has 0 aliphatic rings. The molecule has 0 aromatic carbocycles. The molecular formula is C8H2F5O7Re+. The van der Waals surface area contributed by atoms with Crippen LogP contribution in [0.3, 0.4) is 0 Å². The standard InChI is InChI=1S/C3HF5O2.5CO.Re/c4-2(5,1(9)10)3(6,7)8;5*1-2;/h(H,9,10);;;;;;/p+1. The Morgan fingerprint density at radius 2 is 0.857 bits per heavy atom. The van der Waals surface area contributed by atoms with E-state index in [1.165, 1.54) is 0 Å². The van der Waals surface area contributed by atoms with Gasteiger partial charge in [-0.2, -0.15) is 22.0 Å². The van der Waals surface area contributed by atoms with Crippen LogP contribution in [0.2, 0.25) is 0 Å². The van der Waals surface area contributed by atoms with Crippen LogP contribution in [0.1, 0.15) is 0 Å². The third-order valence-electron chi connectivity index (χ3n) is 0.641. The van der Waals surface area contributed by atoms with Gasteiger partial charge in [-0.15, -0.1) is 0 Å². The third-order valence-corrected chi connectivity index (χ3v) is 0.641. The van der Waals surface area contributed by atoms with Gasteiger partial charge in [-0.25, -0.2) is 0 Å². The summed E-state index contributed by atoms with van der Waals surface area (Å²) < 4.78 is 93.3. The average Bonchev–Trinajstić information content (AvgIpc) is 2.48. The van der Waals surface area contributed by atoms with Crippen LogP contribution in [0.25, 0.3) is 0 Å². The minimum atomic E-state index is -5.95. The summed E-state index contributed by atoms with van der Waals surface area (Å²) in [5, 5.41) is 5.53. The van der Waals surface area contributed by atoms with Crippen LogP contribution < -0.4 is 0 Å². The number of halogens is 5. The first-order valence-electron chi connectivity index (χ1n) is 2.92. The molecule has 0 amide bonds. The second kappa shape index (κ2) is 31.1. The second-order valence-electron chi connectivity index (χ2n) is 1.40. The van der Waals surface area contributed by atoms with Gasteiger partial charge in [0, 0.05) is 25.2 Å². The molecule has 0 heterocycles. The normalized spacial score (nSPS) is 6.81. The molecule has 2 N–H and O–H groups in total. The van der Waals surface area contributed by atoms with Crippen molar-refractivity contribution < 1.29 is 75.5 Å². The van der Waals surface area contributed by atoms with Crippen molar-refractivity contribution >= 4 is 5.97 Å². The Morgan fingerprint density at radius 3 is 0.857 bits per heavy atom. The van der Waals surface area contributed by atoms with Crippen molar-refractivity contribution in [2.24, 2.45) is 0 Å². The van der Waals surface area contributed by atoms with E-state index < -0.39 is 18.1 Å². The van der Waals surface area contributed by atoms with E-state index in [9.17, 15) is 26.7 Å². The maximum Gasteiger partial charge on any atom is 0 e. The van der Waals surface area contributed by atoms with Gasteiger partial charge in [0.15, 0.2) is 0 Å². The molecule has 13 heteroatoms. The smallest absolute Gasteiger partial charge is 0 e. The summed E-state index contributed by atoms with van der Waals surface area (Å²) in [4.78, 5) is 9.31. The molecule has 0 saturated heterocycles. The molecule has 0 aromatic rings. The van der Waals surface area contributed by atoms with Crippen molar-refractivity contribution in [2.45, 2.75) is 12.1 Å². The molecule has 0 bridgehead atoms. The van der Waals surface area contributed by atoms with E-state index in [-0.39, 0.29) is 20.4 Å². The number of rotatable bonds is 1. The summed E-state index contributed by atoms with van der Waals surface area (Å²) in [6.45, 7) is 22.5. The summed E-state index contributed by atoms with van der Waals surface area (Å²) in [7, 11) is 0. The molecule has 21 heavy (non-hydrogen) atoms. The zero-order valence-electron chi connectivity index (χ0n) is 9.22. The first-order chi connectivity index (χ1) is 9.19. The Balaban J connectivity index is -0.0000000303. The molecule has 0 atom stereocenters. The van der Waals surface area contributed by atoms with Gasteiger partial charge in [0.05, 0.1) is 0 Å². The van der Waals surface area contributed by atoms with Gasteiger partial charge in [-0.3, -0.25) is 0 Å². The number of carbonyl (C=O) groups is 1. The van der Waals surface area contributed by atoms with Crippen molar-refractivity contribution in [3.63, 3.8) is 0 Å². The number of hydrogen-bond donors (Lipinski definition) is 0. The molecule has 0 unspecified atom stereocenters. The number of carbonyl (C=O) groups excluding carboxylic acids is 1. The van der Waals surface area contributed by atoms with Gasteiger partial charge in [0.1, 0.15) is 0 Å². The SMILES string of the molecule is O=C([OH2+])C(F)(F)C(F)(F)F.[C-]#[O+].[C-]#[O+].[C-]#[O+].[C-]#[O+].[C-]#[O+].[Re]. The Kier molecular flexibility index (Phi) is 63.2. The van der Waals surface area contributed by atoms with Crippen molar-refractivity contribution in [3.05, 3.63) is 33.3 Å². The monoisotopic (exact) mass is 492 g/mol. The zero-order chi connectivity index (χ0) is 18.6. The van der Waals surface area contributed by atoms with Gasteiger partial charge in [0.25, 0.3) is 0 Å².